The van der Waals surface area contributed by atoms with Crippen LogP contribution in [0.3, 0.4) is 0 Å². The van der Waals surface area contributed by atoms with Crippen molar-refractivity contribution in [2.75, 3.05) is 0 Å². The van der Waals surface area contributed by atoms with Crippen LogP contribution < -0.4 is 11.1 Å². The summed E-state index contributed by atoms with van der Waals surface area (Å²) in [6.45, 7) is 4.70. The maximum Gasteiger partial charge on any atom is 0.101 e. The van der Waals surface area contributed by atoms with Crippen molar-refractivity contribution in [3.63, 3.8) is 0 Å². The second kappa shape index (κ2) is 12.1. The molecule has 242 valence electrons. The summed E-state index contributed by atoms with van der Waals surface area (Å²) in [4.78, 5) is 0. The van der Waals surface area contributed by atoms with Gasteiger partial charge in [0.05, 0.1) is 0 Å². The Morgan fingerprint density at radius 2 is 1.38 bits per heavy atom. The van der Waals surface area contributed by atoms with Gasteiger partial charge in [0.25, 0.3) is 0 Å². The zero-order valence-corrected chi connectivity index (χ0v) is 29.1. The lowest BCUT2D eigenvalue weighted by Gasteiger charge is -2.23. The van der Waals surface area contributed by atoms with Crippen LogP contribution in [0.1, 0.15) is 47.8 Å². The Balaban J connectivity index is 1.13. The average molecular weight is 663 g/mol. The first-order valence-electron chi connectivity index (χ1n) is 17.4. The van der Waals surface area contributed by atoms with Crippen LogP contribution in [0.25, 0.3) is 58.9 Å². The minimum Gasteiger partial charge on any atom is -0.366 e. The van der Waals surface area contributed by atoms with Crippen LogP contribution in [0.15, 0.2) is 158 Å². The zero-order valence-electron chi connectivity index (χ0n) is 28.3. The lowest BCUT2D eigenvalue weighted by molar-refractivity contribution is 0.659. The molecule has 8 aromatic rings. The molecule has 50 heavy (non-hydrogen) atoms. The van der Waals surface area contributed by atoms with Gasteiger partial charge in [0.2, 0.25) is 0 Å². The number of thiophene rings is 1. The number of allylic oxidation sites excluding steroid dienone is 1. The number of hydrogen-bond donors (Lipinski definition) is 2. The number of rotatable bonds is 7. The van der Waals surface area contributed by atoms with Crippen molar-refractivity contribution >= 4 is 48.0 Å². The summed E-state index contributed by atoms with van der Waals surface area (Å²) in [5.74, 6) is 0. The molecule has 0 saturated heterocycles. The first-order chi connectivity index (χ1) is 24.4. The molecule has 9 rings (SSSR count). The first kappa shape index (κ1) is 30.6. The van der Waals surface area contributed by atoms with Gasteiger partial charge in [-0.2, -0.15) is 0 Å². The second-order valence-electron chi connectivity index (χ2n) is 14.0. The molecular weight excluding hydrogens is 625 g/mol. The highest BCUT2D eigenvalue weighted by atomic mass is 32.1. The van der Waals surface area contributed by atoms with Crippen molar-refractivity contribution in [1.29, 1.82) is 0 Å². The Bertz CT molecular complexity index is 2590. The Morgan fingerprint density at radius 1 is 0.660 bits per heavy atom. The highest BCUT2D eigenvalue weighted by Crippen LogP contribution is 2.52. The number of benzene rings is 7. The summed E-state index contributed by atoms with van der Waals surface area (Å²) in [5, 5.41) is 8.95. The van der Waals surface area contributed by atoms with E-state index in [1.54, 1.807) is 0 Å². The highest BCUT2D eigenvalue weighted by Gasteiger charge is 2.37. The summed E-state index contributed by atoms with van der Waals surface area (Å²) in [7, 11) is 0. The SMILES string of the molecule is CC1(C)c2cc3ccccc3cc2-c2c(/C(=C/Cc3cccc(-c4ccc5sc6ccccc6c5c4)c3)NC(N)c3ccccc3)cccc21. The number of nitrogens with two attached hydrogens (primary N) is 1. The highest BCUT2D eigenvalue weighted by molar-refractivity contribution is 7.25. The van der Waals surface area contributed by atoms with Crippen molar-refractivity contribution in [3.05, 3.63) is 186 Å². The van der Waals surface area contributed by atoms with Crippen LogP contribution >= 0.6 is 11.3 Å². The molecule has 0 bridgehead atoms. The van der Waals surface area contributed by atoms with E-state index in [0.29, 0.717) is 0 Å². The molecule has 0 spiro atoms. The minimum atomic E-state index is -0.359. The van der Waals surface area contributed by atoms with E-state index in [9.17, 15) is 0 Å². The summed E-state index contributed by atoms with van der Waals surface area (Å²) in [6, 6.07) is 55.1. The third-order valence-corrected chi connectivity index (χ3v) is 11.7. The van der Waals surface area contributed by atoms with Crippen molar-refractivity contribution in [2.45, 2.75) is 31.8 Å². The third kappa shape index (κ3) is 5.22. The molecule has 1 atom stereocenters. The molecule has 0 fully saturated rings. The van der Waals surface area contributed by atoms with Crippen molar-refractivity contribution in [2.24, 2.45) is 5.73 Å². The fourth-order valence-electron chi connectivity index (χ4n) is 7.86. The van der Waals surface area contributed by atoms with Gasteiger partial charge in [-0.25, -0.2) is 0 Å². The Hall–Kier alpha value is -5.48. The van der Waals surface area contributed by atoms with Gasteiger partial charge in [0.1, 0.15) is 6.17 Å². The van der Waals surface area contributed by atoms with E-state index in [2.05, 4.69) is 159 Å². The molecule has 0 saturated carbocycles. The van der Waals surface area contributed by atoms with Crippen molar-refractivity contribution in [3.8, 4) is 22.3 Å². The fraction of sp³-hybridized carbons (Fsp3) is 0.106. The van der Waals surface area contributed by atoms with Crippen LogP contribution in [-0.4, -0.2) is 0 Å². The zero-order chi connectivity index (χ0) is 33.8. The van der Waals surface area contributed by atoms with Crippen molar-refractivity contribution in [1.82, 2.24) is 5.32 Å². The van der Waals surface area contributed by atoms with Gasteiger partial charge >= 0.3 is 0 Å². The number of fused-ring (bicyclic) bond motifs is 7. The normalized spacial score (nSPS) is 14.2. The molecule has 1 heterocycles. The summed E-state index contributed by atoms with van der Waals surface area (Å²) < 4.78 is 2.66. The van der Waals surface area contributed by atoms with E-state index in [4.69, 9.17) is 5.73 Å². The summed E-state index contributed by atoms with van der Waals surface area (Å²) >= 11 is 1.86. The number of nitrogens with one attached hydrogen (secondary N) is 1. The molecule has 0 aliphatic heterocycles. The quantitative estimate of drug-likeness (QED) is 0.167. The minimum absolute atomic E-state index is 0.124. The molecular formula is C47H38N2S. The van der Waals surface area contributed by atoms with Crippen LogP contribution in [0.5, 0.6) is 0 Å². The van der Waals surface area contributed by atoms with E-state index in [1.807, 2.05) is 29.5 Å². The lowest BCUT2D eigenvalue weighted by Crippen LogP contribution is -2.28. The number of hydrogen-bond acceptors (Lipinski definition) is 3. The van der Waals surface area contributed by atoms with Gasteiger partial charge in [0.15, 0.2) is 0 Å². The van der Waals surface area contributed by atoms with Crippen molar-refractivity contribution < 1.29 is 0 Å². The lowest BCUT2D eigenvalue weighted by atomic mass is 9.81. The van der Waals surface area contributed by atoms with E-state index in [0.717, 1.165) is 17.7 Å². The molecule has 0 amide bonds. The van der Waals surface area contributed by atoms with Gasteiger partial charge < -0.3 is 11.1 Å². The van der Waals surface area contributed by atoms with Crippen LogP contribution in [0, 0.1) is 0 Å². The maximum absolute atomic E-state index is 6.89. The van der Waals surface area contributed by atoms with Gasteiger partial charge in [-0.3, -0.25) is 0 Å². The summed E-state index contributed by atoms with van der Waals surface area (Å²) in [5.41, 5.74) is 19.1. The largest absolute Gasteiger partial charge is 0.366 e. The molecule has 1 unspecified atom stereocenters. The predicted molar refractivity (Wildman–Crippen MR) is 214 cm³/mol. The van der Waals surface area contributed by atoms with E-state index >= 15 is 0 Å². The monoisotopic (exact) mass is 662 g/mol. The van der Waals surface area contributed by atoms with Gasteiger partial charge in [-0.15, -0.1) is 11.3 Å². The molecule has 2 nitrogen and oxygen atoms in total. The summed E-state index contributed by atoms with van der Waals surface area (Å²) in [6.07, 6.45) is 2.74. The van der Waals surface area contributed by atoms with Gasteiger partial charge in [0, 0.05) is 36.8 Å². The molecule has 1 aromatic heterocycles. The topological polar surface area (TPSA) is 38.0 Å². The van der Waals surface area contributed by atoms with Crippen LogP contribution in [-0.2, 0) is 11.8 Å². The molecule has 0 radical (unpaired) electrons. The Kier molecular flexibility index (Phi) is 7.42. The standard InChI is InChI=1S/C47H38N2S/c1-47(2)40-20-11-19-37(45(40)39-28-33-15-6-7-16-34(33)29-41(39)47)42(49-46(48)31-13-4-3-5-14-31)24-22-30-12-10-17-32(26-30)35-23-25-44-38(27-35)36-18-8-9-21-43(36)50-44/h3-21,23-29,46,49H,22,48H2,1-2H3/b42-24-. The van der Waals surface area contributed by atoms with Gasteiger partial charge in [-0.05, 0) is 92.0 Å². The first-order valence-corrected chi connectivity index (χ1v) is 18.2. The van der Waals surface area contributed by atoms with Gasteiger partial charge in [-0.1, -0.05) is 141 Å². The van der Waals surface area contributed by atoms with E-state index in [1.165, 1.54) is 75.5 Å². The fourth-order valence-corrected chi connectivity index (χ4v) is 8.94. The smallest absolute Gasteiger partial charge is 0.101 e. The van der Waals surface area contributed by atoms with E-state index < -0.39 is 0 Å². The third-order valence-electron chi connectivity index (χ3n) is 10.5. The Labute approximate surface area is 297 Å². The molecule has 3 heteroatoms. The molecule has 7 aromatic carbocycles. The average Bonchev–Trinajstić information content (AvgIpc) is 3.64. The predicted octanol–water partition coefficient (Wildman–Crippen LogP) is 12.0. The second-order valence-corrected chi connectivity index (χ2v) is 15.0. The van der Waals surface area contributed by atoms with Crippen LogP contribution in [0.2, 0.25) is 0 Å². The molecule has 1 aliphatic rings. The van der Waals surface area contributed by atoms with Crippen LogP contribution in [0.4, 0.5) is 0 Å². The Morgan fingerprint density at radius 3 is 2.24 bits per heavy atom. The maximum atomic E-state index is 6.89. The van der Waals surface area contributed by atoms with E-state index in [-0.39, 0.29) is 11.6 Å². The molecule has 3 N–H and O–H groups in total. The molecule has 1 aliphatic carbocycles.